The number of hydrogen-bond donors (Lipinski definition) is 1. The van der Waals surface area contributed by atoms with Crippen molar-refractivity contribution in [2.24, 2.45) is 0 Å². The van der Waals surface area contributed by atoms with Crippen molar-refractivity contribution in [2.75, 3.05) is 13.2 Å². The number of carbonyl (C=O) groups excluding carboxylic acids is 1. The lowest BCUT2D eigenvalue weighted by Crippen LogP contribution is -2.31. The number of aryl methyl sites for hydroxylation is 3. The van der Waals surface area contributed by atoms with E-state index in [-0.39, 0.29) is 12.0 Å². The van der Waals surface area contributed by atoms with Gasteiger partial charge in [0.25, 0.3) is 0 Å². The summed E-state index contributed by atoms with van der Waals surface area (Å²) in [6, 6.07) is 0. The van der Waals surface area contributed by atoms with Crippen LogP contribution >= 0.6 is 11.3 Å². The van der Waals surface area contributed by atoms with E-state index >= 15 is 0 Å². The van der Waals surface area contributed by atoms with E-state index in [4.69, 9.17) is 4.74 Å². The first kappa shape index (κ1) is 13.5. The van der Waals surface area contributed by atoms with Gasteiger partial charge < -0.3 is 10.1 Å². The number of aromatic nitrogens is 1. The highest BCUT2D eigenvalue weighted by Gasteiger charge is 2.16. The fourth-order valence-electron chi connectivity index (χ4n) is 1.99. The molecule has 0 radical (unpaired) electrons. The normalized spacial score (nSPS) is 19.1. The van der Waals surface area contributed by atoms with Gasteiger partial charge in [-0.1, -0.05) is 0 Å². The summed E-state index contributed by atoms with van der Waals surface area (Å²) < 4.78 is 5.46. The van der Waals surface area contributed by atoms with Crippen LogP contribution in [0.25, 0.3) is 0 Å². The molecule has 2 rings (SSSR count). The summed E-state index contributed by atoms with van der Waals surface area (Å²) in [7, 11) is 0. The number of nitrogens with zero attached hydrogens (tertiary/aromatic N) is 1. The van der Waals surface area contributed by atoms with Crippen LogP contribution in [0.3, 0.4) is 0 Å². The number of hydrogen-bond acceptors (Lipinski definition) is 4. The fraction of sp³-hybridized carbons (Fsp3) is 0.692. The van der Waals surface area contributed by atoms with E-state index in [0.717, 1.165) is 36.6 Å². The Morgan fingerprint density at radius 1 is 1.56 bits per heavy atom. The van der Waals surface area contributed by atoms with Crippen molar-refractivity contribution in [3.8, 4) is 0 Å². The van der Waals surface area contributed by atoms with E-state index in [1.165, 1.54) is 4.88 Å². The van der Waals surface area contributed by atoms with Gasteiger partial charge in [-0.15, -0.1) is 11.3 Å². The first-order valence-electron chi connectivity index (χ1n) is 6.46. The molecule has 0 bridgehead atoms. The molecule has 1 aliphatic heterocycles. The SMILES string of the molecule is Cc1nc(CCC(=O)NCC2CCCO2)sc1C. The summed E-state index contributed by atoms with van der Waals surface area (Å²) in [4.78, 5) is 17.3. The summed E-state index contributed by atoms with van der Waals surface area (Å²) in [6.45, 7) is 5.55. The van der Waals surface area contributed by atoms with Gasteiger partial charge in [0.15, 0.2) is 0 Å². The highest BCUT2D eigenvalue weighted by Crippen LogP contribution is 2.17. The minimum Gasteiger partial charge on any atom is -0.376 e. The first-order chi connectivity index (χ1) is 8.65. The van der Waals surface area contributed by atoms with Crippen molar-refractivity contribution >= 4 is 17.2 Å². The maximum absolute atomic E-state index is 11.7. The third-order valence-corrected chi connectivity index (χ3v) is 4.32. The Balaban J connectivity index is 1.67. The third kappa shape index (κ3) is 3.78. The van der Waals surface area contributed by atoms with Crippen LogP contribution < -0.4 is 5.32 Å². The van der Waals surface area contributed by atoms with Gasteiger partial charge in [0.1, 0.15) is 0 Å². The van der Waals surface area contributed by atoms with Crippen LogP contribution in [0.1, 0.15) is 34.8 Å². The zero-order chi connectivity index (χ0) is 13.0. The van der Waals surface area contributed by atoms with Crippen LogP contribution in [-0.2, 0) is 16.0 Å². The van der Waals surface area contributed by atoms with Crippen LogP contribution in [0, 0.1) is 13.8 Å². The van der Waals surface area contributed by atoms with E-state index in [0.29, 0.717) is 13.0 Å². The lowest BCUT2D eigenvalue weighted by molar-refractivity contribution is -0.121. The summed E-state index contributed by atoms with van der Waals surface area (Å²) in [5.74, 6) is 0.0935. The number of nitrogens with one attached hydrogen (secondary N) is 1. The second-order valence-electron chi connectivity index (χ2n) is 4.69. The predicted octanol–water partition coefficient (Wildman–Crippen LogP) is 1.99. The molecule has 18 heavy (non-hydrogen) atoms. The number of thiazole rings is 1. The van der Waals surface area contributed by atoms with Gasteiger partial charge in [-0.2, -0.15) is 0 Å². The van der Waals surface area contributed by atoms with Gasteiger partial charge in [0.2, 0.25) is 5.91 Å². The van der Waals surface area contributed by atoms with E-state index in [1.807, 2.05) is 6.92 Å². The summed E-state index contributed by atoms with van der Waals surface area (Å²) in [6.07, 6.45) is 3.64. The maximum atomic E-state index is 11.7. The van der Waals surface area contributed by atoms with Crippen LogP contribution in [-0.4, -0.2) is 30.1 Å². The Morgan fingerprint density at radius 3 is 3.00 bits per heavy atom. The topological polar surface area (TPSA) is 51.2 Å². The lowest BCUT2D eigenvalue weighted by atomic mass is 10.2. The predicted molar refractivity (Wildman–Crippen MR) is 71.9 cm³/mol. The molecule has 0 spiro atoms. The van der Waals surface area contributed by atoms with E-state index in [1.54, 1.807) is 11.3 Å². The molecule has 0 aromatic carbocycles. The molecule has 0 aliphatic carbocycles. The average Bonchev–Trinajstić information content (AvgIpc) is 2.95. The molecule has 4 nitrogen and oxygen atoms in total. The summed E-state index contributed by atoms with van der Waals surface area (Å²) in [5, 5.41) is 3.98. The minimum atomic E-state index is 0.0935. The molecular formula is C13H20N2O2S. The molecular weight excluding hydrogens is 248 g/mol. The molecule has 5 heteroatoms. The quantitative estimate of drug-likeness (QED) is 0.888. The molecule has 1 N–H and O–H groups in total. The molecule has 1 amide bonds. The van der Waals surface area contributed by atoms with Crippen molar-refractivity contribution in [2.45, 2.75) is 45.6 Å². The standard InChI is InChI=1S/C13H20N2O2S/c1-9-10(2)18-13(15-9)6-5-12(16)14-8-11-4-3-7-17-11/h11H,3-8H2,1-2H3,(H,14,16). The van der Waals surface area contributed by atoms with Crippen molar-refractivity contribution in [1.29, 1.82) is 0 Å². The number of rotatable bonds is 5. The number of carbonyl (C=O) groups is 1. The van der Waals surface area contributed by atoms with Crippen molar-refractivity contribution in [3.63, 3.8) is 0 Å². The Hall–Kier alpha value is -0.940. The second kappa shape index (κ2) is 6.29. The van der Waals surface area contributed by atoms with E-state index in [2.05, 4.69) is 17.2 Å². The smallest absolute Gasteiger partial charge is 0.220 e. The fourth-order valence-corrected chi connectivity index (χ4v) is 2.92. The van der Waals surface area contributed by atoms with Crippen LogP contribution in [0.5, 0.6) is 0 Å². The van der Waals surface area contributed by atoms with Gasteiger partial charge in [0, 0.05) is 30.9 Å². The molecule has 100 valence electrons. The van der Waals surface area contributed by atoms with Crippen LogP contribution in [0.4, 0.5) is 0 Å². The molecule has 1 unspecified atom stereocenters. The molecule has 1 atom stereocenters. The molecule has 1 aliphatic rings. The van der Waals surface area contributed by atoms with Gasteiger partial charge in [0.05, 0.1) is 16.8 Å². The maximum Gasteiger partial charge on any atom is 0.220 e. The molecule has 1 aromatic rings. The van der Waals surface area contributed by atoms with Gasteiger partial charge >= 0.3 is 0 Å². The summed E-state index contributed by atoms with van der Waals surface area (Å²) in [5.41, 5.74) is 1.08. The third-order valence-electron chi connectivity index (χ3n) is 3.19. The van der Waals surface area contributed by atoms with Crippen molar-refractivity contribution in [3.05, 3.63) is 15.6 Å². The van der Waals surface area contributed by atoms with Gasteiger partial charge in [-0.25, -0.2) is 4.98 Å². The van der Waals surface area contributed by atoms with Gasteiger partial charge in [-0.05, 0) is 26.7 Å². The summed E-state index contributed by atoms with van der Waals surface area (Å²) >= 11 is 1.68. The number of ether oxygens (including phenoxy) is 1. The molecule has 1 aromatic heterocycles. The monoisotopic (exact) mass is 268 g/mol. The minimum absolute atomic E-state index is 0.0935. The first-order valence-corrected chi connectivity index (χ1v) is 7.28. The van der Waals surface area contributed by atoms with E-state index in [9.17, 15) is 4.79 Å². The Bertz CT molecular complexity index is 392. The average molecular weight is 268 g/mol. The Morgan fingerprint density at radius 2 is 2.39 bits per heavy atom. The highest BCUT2D eigenvalue weighted by molar-refractivity contribution is 7.11. The van der Waals surface area contributed by atoms with Gasteiger partial charge in [-0.3, -0.25) is 4.79 Å². The van der Waals surface area contributed by atoms with Crippen molar-refractivity contribution in [1.82, 2.24) is 10.3 Å². The molecule has 0 saturated carbocycles. The Kier molecular flexibility index (Phi) is 4.72. The zero-order valence-electron chi connectivity index (χ0n) is 11.0. The van der Waals surface area contributed by atoms with Crippen LogP contribution in [0.15, 0.2) is 0 Å². The number of amides is 1. The van der Waals surface area contributed by atoms with E-state index < -0.39 is 0 Å². The molecule has 1 fully saturated rings. The highest BCUT2D eigenvalue weighted by atomic mass is 32.1. The van der Waals surface area contributed by atoms with Crippen LogP contribution in [0.2, 0.25) is 0 Å². The molecule has 1 saturated heterocycles. The molecule has 2 heterocycles. The Labute approximate surface area is 112 Å². The second-order valence-corrected chi connectivity index (χ2v) is 5.98. The lowest BCUT2D eigenvalue weighted by Gasteiger charge is -2.10. The zero-order valence-corrected chi connectivity index (χ0v) is 11.8. The van der Waals surface area contributed by atoms with Crippen molar-refractivity contribution < 1.29 is 9.53 Å². The largest absolute Gasteiger partial charge is 0.376 e.